The summed E-state index contributed by atoms with van der Waals surface area (Å²) >= 11 is 0. The Labute approximate surface area is 243 Å². The second-order valence-corrected chi connectivity index (χ2v) is 11.3. The Bertz CT molecular complexity index is 1450. The summed E-state index contributed by atoms with van der Waals surface area (Å²) in [5.41, 5.74) is 5.98. The Morgan fingerprint density at radius 3 is 2.46 bits per heavy atom. The molecule has 216 valence electrons. The van der Waals surface area contributed by atoms with Crippen molar-refractivity contribution in [2.45, 2.75) is 59.9 Å². The largest absolute Gasteiger partial charge is 0.368 e. The number of benzene rings is 2. The number of nitrogens with one attached hydrogen (secondary N) is 1. The number of carbonyl (C=O) groups excluding carboxylic acids is 1. The number of hydrogen-bond acceptors (Lipinski definition) is 6. The molecular weight excluding hydrogens is 510 g/mol. The van der Waals surface area contributed by atoms with E-state index in [1.807, 2.05) is 42.4 Å². The number of piperazine rings is 1. The number of fused-ring (bicyclic) bond motifs is 1. The Balaban J connectivity index is 1.39. The van der Waals surface area contributed by atoms with Crippen LogP contribution in [0.5, 0.6) is 0 Å². The van der Waals surface area contributed by atoms with E-state index >= 15 is 0 Å². The minimum Gasteiger partial charge on any atom is -0.368 e. The van der Waals surface area contributed by atoms with Crippen molar-refractivity contribution in [3.63, 3.8) is 0 Å². The standard InChI is InChI=1S/C33H43N7O/c1-5-7-10-26(6-2)21-34-30-29-31(40(23-35-29)22-27-11-8-9-25(4)20-27)37-33(36-30)39-18-16-38(17-19-39)32(41)28-14-12-24(3)13-15-28/h8-9,11-15,20,23,26H,5-7,10,16-19,21-22H2,1-4H3,(H,34,36,37). The molecule has 1 unspecified atom stereocenters. The lowest BCUT2D eigenvalue weighted by molar-refractivity contribution is 0.0746. The smallest absolute Gasteiger partial charge is 0.253 e. The van der Waals surface area contributed by atoms with Gasteiger partial charge in [0.05, 0.1) is 12.9 Å². The lowest BCUT2D eigenvalue weighted by atomic mass is 9.99. The van der Waals surface area contributed by atoms with Crippen molar-refractivity contribution in [2.75, 3.05) is 42.9 Å². The Morgan fingerprint density at radius 1 is 0.976 bits per heavy atom. The van der Waals surface area contributed by atoms with Gasteiger partial charge in [-0.15, -0.1) is 0 Å². The molecule has 3 heterocycles. The van der Waals surface area contributed by atoms with Gasteiger partial charge in [0.15, 0.2) is 17.0 Å². The predicted molar refractivity (Wildman–Crippen MR) is 167 cm³/mol. The zero-order valence-electron chi connectivity index (χ0n) is 24.9. The van der Waals surface area contributed by atoms with Crippen molar-refractivity contribution in [3.05, 3.63) is 77.1 Å². The number of nitrogens with zero attached hydrogens (tertiary/aromatic N) is 6. The maximum atomic E-state index is 13.1. The van der Waals surface area contributed by atoms with Crippen LogP contribution in [-0.2, 0) is 6.54 Å². The van der Waals surface area contributed by atoms with E-state index in [-0.39, 0.29) is 5.91 Å². The molecule has 0 bridgehead atoms. The van der Waals surface area contributed by atoms with E-state index in [9.17, 15) is 4.79 Å². The zero-order valence-corrected chi connectivity index (χ0v) is 24.9. The summed E-state index contributed by atoms with van der Waals surface area (Å²) in [4.78, 5) is 32.0. The molecule has 1 N–H and O–H groups in total. The van der Waals surface area contributed by atoms with Crippen molar-refractivity contribution in [3.8, 4) is 0 Å². The van der Waals surface area contributed by atoms with Gasteiger partial charge >= 0.3 is 0 Å². The average molecular weight is 554 g/mol. The third-order valence-electron chi connectivity index (χ3n) is 8.14. The average Bonchev–Trinajstić information content (AvgIpc) is 3.40. The molecular formula is C33H43N7O. The second-order valence-electron chi connectivity index (χ2n) is 11.3. The lowest BCUT2D eigenvalue weighted by Crippen LogP contribution is -2.49. The maximum Gasteiger partial charge on any atom is 0.253 e. The van der Waals surface area contributed by atoms with Crippen LogP contribution in [0.1, 0.15) is 66.6 Å². The molecule has 1 aliphatic rings. The number of amides is 1. The molecule has 0 spiro atoms. The Kier molecular flexibility index (Phi) is 9.17. The Morgan fingerprint density at radius 2 is 1.76 bits per heavy atom. The SMILES string of the molecule is CCCCC(CC)CNc1nc(N2CCN(C(=O)c3ccc(C)cc3)CC2)nc2c1ncn2Cc1cccc(C)c1. The fourth-order valence-electron chi connectivity index (χ4n) is 5.49. The minimum atomic E-state index is 0.0808. The van der Waals surface area contributed by atoms with Crippen LogP contribution in [-0.4, -0.2) is 63.0 Å². The first-order valence-corrected chi connectivity index (χ1v) is 15.1. The highest BCUT2D eigenvalue weighted by atomic mass is 16.2. The van der Waals surface area contributed by atoms with E-state index in [1.54, 1.807) is 0 Å². The third-order valence-corrected chi connectivity index (χ3v) is 8.14. The summed E-state index contributed by atoms with van der Waals surface area (Å²) in [6.45, 7) is 12.9. The summed E-state index contributed by atoms with van der Waals surface area (Å²) < 4.78 is 2.12. The number of anilines is 2. The van der Waals surface area contributed by atoms with Crippen LogP contribution in [0.4, 0.5) is 11.8 Å². The van der Waals surface area contributed by atoms with E-state index in [0.29, 0.717) is 44.6 Å². The molecule has 2 aromatic heterocycles. The second kappa shape index (κ2) is 13.1. The summed E-state index contributed by atoms with van der Waals surface area (Å²) in [5.74, 6) is 2.16. The van der Waals surface area contributed by atoms with Gasteiger partial charge in [-0.2, -0.15) is 9.97 Å². The van der Waals surface area contributed by atoms with Crippen molar-refractivity contribution in [2.24, 2.45) is 5.92 Å². The first kappa shape index (κ1) is 28.6. The van der Waals surface area contributed by atoms with Gasteiger partial charge in [0.2, 0.25) is 5.95 Å². The van der Waals surface area contributed by atoms with Gasteiger partial charge in [0.1, 0.15) is 0 Å². The van der Waals surface area contributed by atoms with Gasteiger partial charge < -0.3 is 19.7 Å². The molecule has 41 heavy (non-hydrogen) atoms. The molecule has 8 heteroatoms. The molecule has 5 rings (SSSR count). The first-order valence-electron chi connectivity index (χ1n) is 15.1. The molecule has 1 atom stereocenters. The third kappa shape index (κ3) is 6.87. The van der Waals surface area contributed by atoms with Gasteiger partial charge in [-0.1, -0.05) is 80.6 Å². The lowest BCUT2D eigenvalue weighted by Gasteiger charge is -2.35. The highest BCUT2D eigenvalue weighted by Gasteiger charge is 2.25. The van der Waals surface area contributed by atoms with Crippen molar-refractivity contribution < 1.29 is 4.79 Å². The van der Waals surface area contributed by atoms with E-state index in [0.717, 1.165) is 41.1 Å². The normalized spacial score (nSPS) is 14.4. The Hall–Kier alpha value is -3.94. The van der Waals surface area contributed by atoms with Crippen LogP contribution < -0.4 is 10.2 Å². The minimum absolute atomic E-state index is 0.0808. The van der Waals surface area contributed by atoms with Gasteiger partial charge in [-0.3, -0.25) is 4.79 Å². The molecule has 1 aliphatic heterocycles. The molecule has 0 radical (unpaired) electrons. The summed E-state index contributed by atoms with van der Waals surface area (Å²) in [5, 5.41) is 3.65. The van der Waals surface area contributed by atoms with E-state index in [1.165, 1.54) is 30.4 Å². The monoisotopic (exact) mass is 553 g/mol. The van der Waals surface area contributed by atoms with Gasteiger partial charge in [0, 0.05) is 38.3 Å². The molecule has 8 nitrogen and oxygen atoms in total. The topological polar surface area (TPSA) is 79.2 Å². The molecule has 1 amide bonds. The van der Waals surface area contributed by atoms with Crippen molar-refractivity contribution in [1.29, 1.82) is 0 Å². The van der Waals surface area contributed by atoms with Crippen LogP contribution in [0.2, 0.25) is 0 Å². The number of hydrogen-bond donors (Lipinski definition) is 1. The van der Waals surface area contributed by atoms with Gasteiger partial charge in [-0.05, 0) is 43.9 Å². The van der Waals surface area contributed by atoms with Crippen LogP contribution in [0.3, 0.4) is 0 Å². The summed E-state index contributed by atoms with van der Waals surface area (Å²) in [7, 11) is 0. The molecule has 2 aromatic carbocycles. The molecule has 1 fully saturated rings. The highest BCUT2D eigenvalue weighted by Crippen LogP contribution is 2.25. The maximum absolute atomic E-state index is 13.1. The molecule has 4 aromatic rings. The van der Waals surface area contributed by atoms with E-state index in [2.05, 4.69) is 59.8 Å². The van der Waals surface area contributed by atoms with E-state index in [4.69, 9.17) is 15.0 Å². The fraction of sp³-hybridized carbons (Fsp3) is 0.455. The predicted octanol–water partition coefficient (Wildman–Crippen LogP) is 6.08. The van der Waals surface area contributed by atoms with Crippen LogP contribution in [0, 0.1) is 19.8 Å². The molecule has 0 saturated carbocycles. The molecule has 0 aliphatic carbocycles. The highest BCUT2D eigenvalue weighted by molar-refractivity contribution is 5.94. The quantitative estimate of drug-likeness (QED) is 0.242. The van der Waals surface area contributed by atoms with Crippen molar-refractivity contribution >= 4 is 28.8 Å². The number of aryl methyl sites for hydroxylation is 2. The zero-order chi connectivity index (χ0) is 28.8. The van der Waals surface area contributed by atoms with Crippen LogP contribution in [0.15, 0.2) is 54.9 Å². The fourth-order valence-corrected chi connectivity index (χ4v) is 5.49. The number of carbonyl (C=O) groups is 1. The number of aromatic nitrogens is 4. The number of imidazole rings is 1. The van der Waals surface area contributed by atoms with Crippen LogP contribution in [0.25, 0.3) is 11.2 Å². The summed E-state index contributed by atoms with van der Waals surface area (Å²) in [6, 6.07) is 16.4. The van der Waals surface area contributed by atoms with E-state index < -0.39 is 0 Å². The number of unbranched alkanes of at least 4 members (excludes halogenated alkanes) is 1. The van der Waals surface area contributed by atoms with Gasteiger partial charge in [0.25, 0.3) is 5.91 Å². The summed E-state index contributed by atoms with van der Waals surface area (Å²) in [6.07, 6.45) is 6.66. The van der Waals surface area contributed by atoms with Crippen molar-refractivity contribution in [1.82, 2.24) is 24.4 Å². The number of rotatable bonds is 11. The van der Waals surface area contributed by atoms with Gasteiger partial charge in [-0.25, -0.2) is 4.98 Å². The van der Waals surface area contributed by atoms with Crippen LogP contribution >= 0.6 is 0 Å². The molecule has 1 saturated heterocycles. The first-order chi connectivity index (χ1) is 19.9.